The molecule has 19 nitrogen and oxygen atoms in total. The normalized spacial score (nSPS) is 22.9. The lowest BCUT2D eigenvalue weighted by Gasteiger charge is -2.37. The summed E-state index contributed by atoms with van der Waals surface area (Å²) in [6.07, 6.45) is 3.07. The lowest BCUT2D eigenvalue weighted by molar-refractivity contribution is -0.142. The third-order valence-electron chi connectivity index (χ3n) is 9.65. The summed E-state index contributed by atoms with van der Waals surface area (Å²) in [5.74, 6) is -3.64. The van der Waals surface area contributed by atoms with Crippen molar-refractivity contribution in [1.29, 1.82) is 0 Å². The van der Waals surface area contributed by atoms with E-state index in [2.05, 4.69) is 26.8 Å². The Bertz CT molecular complexity index is 1520. The van der Waals surface area contributed by atoms with Gasteiger partial charge in [0.25, 0.3) is 0 Å². The molecule has 21 heteroatoms. The molecule has 0 radical (unpaired) electrons. The van der Waals surface area contributed by atoms with Gasteiger partial charge in [-0.2, -0.15) is 11.8 Å². The maximum Gasteiger partial charge on any atom is 0.317 e. The van der Waals surface area contributed by atoms with Crippen LogP contribution in [0.15, 0.2) is 24.3 Å². The number of aliphatic carboxylic acids is 4. The van der Waals surface area contributed by atoms with E-state index < -0.39 is 29.9 Å². The zero-order valence-electron chi connectivity index (χ0n) is 30.5. The summed E-state index contributed by atoms with van der Waals surface area (Å²) >= 11 is 7.18. The van der Waals surface area contributed by atoms with Crippen molar-refractivity contribution < 1.29 is 49.2 Å². The van der Waals surface area contributed by atoms with Crippen molar-refractivity contribution in [3.63, 3.8) is 0 Å². The van der Waals surface area contributed by atoms with Crippen LogP contribution >= 0.6 is 24.0 Å². The lowest BCUT2D eigenvalue weighted by Crippen LogP contribution is -2.53. The van der Waals surface area contributed by atoms with E-state index in [0.717, 1.165) is 24.2 Å². The van der Waals surface area contributed by atoms with Crippen molar-refractivity contribution in [3.8, 4) is 0 Å². The third kappa shape index (κ3) is 15.4. The topological polar surface area (TPSA) is 256 Å². The molecule has 304 valence electrons. The predicted octanol–water partition coefficient (Wildman–Crippen LogP) is -0.799. The number of urea groups is 1. The molecule has 0 bridgehead atoms. The number of carboxylic acid groups (broad SMARTS) is 4. The average Bonchev–Trinajstić information content (AvgIpc) is 3.66. The minimum atomic E-state index is -1.09. The van der Waals surface area contributed by atoms with Gasteiger partial charge in [0, 0.05) is 75.0 Å². The van der Waals surface area contributed by atoms with Crippen LogP contribution in [0.25, 0.3) is 0 Å². The monoisotopic (exact) mass is 809 g/mol. The fourth-order valence-electron chi connectivity index (χ4n) is 6.98. The molecule has 4 unspecified atom stereocenters. The second-order valence-corrected chi connectivity index (χ2v) is 15.6. The number of anilines is 1. The van der Waals surface area contributed by atoms with Crippen LogP contribution in [0, 0.1) is 0 Å². The number of benzene rings is 1. The van der Waals surface area contributed by atoms with Crippen LogP contribution in [0.2, 0.25) is 0 Å². The van der Waals surface area contributed by atoms with Gasteiger partial charge < -0.3 is 36.4 Å². The second kappa shape index (κ2) is 21.7. The van der Waals surface area contributed by atoms with Gasteiger partial charge in [0.2, 0.25) is 5.91 Å². The number of carbonyl (C=O) groups is 6. The van der Waals surface area contributed by atoms with E-state index >= 15 is 0 Å². The van der Waals surface area contributed by atoms with Crippen LogP contribution in [0.3, 0.4) is 0 Å². The summed E-state index contributed by atoms with van der Waals surface area (Å²) in [7, 11) is 0. The number of thiocarbonyl (C=S) groups is 1. The highest BCUT2D eigenvalue weighted by Crippen LogP contribution is 2.33. The van der Waals surface area contributed by atoms with Gasteiger partial charge in [-0.3, -0.25) is 54.4 Å². The van der Waals surface area contributed by atoms with Crippen molar-refractivity contribution in [2.75, 3.05) is 83.1 Å². The molecule has 1 aromatic carbocycles. The Hall–Kier alpha value is -4.28. The molecule has 0 spiro atoms. The summed E-state index contributed by atoms with van der Waals surface area (Å²) in [6, 6.07) is 6.86. The van der Waals surface area contributed by atoms with E-state index in [1.54, 1.807) is 31.7 Å². The molecule has 9 N–H and O–H groups in total. The number of hydrogen-bond donors (Lipinski definition) is 9. The maximum atomic E-state index is 12.4. The predicted molar refractivity (Wildman–Crippen MR) is 207 cm³/mol. The Morgan fingerprint density at radius 2 is 1.35 bits per heavy atom. The van der Waals surface area contributed by atoms with Crippen molar-refractivity contribution in [2.24, 2.45) is 0 Å². The third-order valence-corrected chi connectivity index (χ3v) is 11.4. The molecule has 3 aliphatic heterocycles. The zero-order valence-corrected chi connectivity index (χ0v) is 32.1. The molecule has 4 rings (SSSR count). The molecule has 0 saturated carbocycles. The molecule has 3 amide bonds. The molecular formula is C34H51N9O10S2. The van der Waals surface area contributed by atoms with E-state index in [0.29, 0.717) is 30.2 Å². The quantitative estimate of drug-likeness (QED) is 0.0429. The fraction of sp³-hybridized carbons (Fsp3) is 0.618. The van der Waals surface area contributed by atoms with Gasteiger partial charge in [-0.25, -0.2) is 4.79 Å². The Kier molecular flexibility index (Phi) is 17.2. The average molecular weight is 810 g/mol. The molecule has 3 aliphatic rings. The number of carbonyl (C=O) groups excluding carboxylic acids is 2. The number of thioether (sulfide) groups is 1. The number of amides is 3. The largest absolute Gasteiger partial charge is 0.480 e. The first-order chi connectivity index (χ1) is 26.2. The van der Waals surface area contributed by atoms with E-state index in [1.807, 2.05) is 23.9 Å². The Labute approximate surface area is 328 Å². The summed E-state index contributed by atoms with van der Waals surface area (Å²) in [5.41, 5.74) is 6.73. The van der Waals surface area contributed by atoms with E-state index in [1.165, 1.54) is 0 Å². The number of hydrazine groups is 1. The molecule has 3 heterocycles. The van der Waals surface area contributed by atoms with Crippen molar-refractivity contribution in [1.82, 2.24) is 41.1 Å². The first-order valence-corrected chi connectivity index (χ1v) is 19.6. The minimum absolute atomic E-state index is 0.119. The van der Waals surface area contributed by atoms with Gasteiger partial charge in [0.15, 0.2) is 5.11 Å². The lowest BCUT2D eigenvalue weighted by atomic mass is 10.0. The van der Waals surface area contributed by atoms with E-state index in [4.69, 9.17) is 12.2 Å². The van der Waals surface area contributed by atoms with E-state index in [-0.39, 0.29) is 101 Å². The summed E-state index contributed by atoms with van der Waals surface area (Å²) in [4.78, 5) is 77.7. The molecular weight excluding hydrogens is 759 g/mol. The number of fused-ring (bicyclic) bond motifs is 1. The van der Waals surface area contributed by atoms with Crippen molar-refractivity contribution in [3.05, 3.63) is 29.8 Å². The number of rotatable bonds is 16. The van der Waals surface area contributed by atoms with Gasteiger partial charge in [-0.1, -0.05) is 18.6 Å². The molecule has 3 fully saturated rings. The molecule has 4 atom stereocenters. The molecule has 0 aliphatic carbocycles. The number of nitrogens with one attached hydrogen (secondary N) is 5. The molecule has 0 aromatic heterocycles. The molecule has 55 heavy (non-hydrogen) atoms. The minimum Gasteiger partial charge on any atom is -0.480 e. The standard InChI is InChI=1S/C34H51N9O10S2/c44-27(4-2-1-3-26-32-25(21-55-26)36-33(53)37-32)38-39-34(54)35-23-7-5-22(6-8-23)15-24-16-42(19-30(49)50)12-11-40(17-28(45)46)9-10-41(18-29(47)48)13-14-43(24)20-31(51)52/h5-8,24-26,32H,1-4,9-21H2,(H,38,44)(H,45,46)(H,47,48)(H,49,50)(H,51,52)(H2,35,39,54)(H2,36,37,53). The Morgan fingerprint density at radius 3 is 1.96 bits per heavy atom. The van der Waals surface area contributed by atoms with E-state index in [9.17, 15) is 49.2 Å². The second-order valence-electron chi connectivity index (χ2n) is 13.9. The fourth-order valence-corrected chi connectivity index (χ4v) is 8.69. The molecule has 3 saturated heterocycles. The summed E-state index contributed by atoms with van der Waals surface area (Å²) in [6.45, 7) is 0.0688. The maximum absolute atomic E-state index is 12.4. The van der Waals surface area contributed by atoms with Gasteiger partial charge in [-0.05, 0) is 49.2 Å². The number of nitrogens with zero attached hydrogens (tertiary/aromatic N) is 4. The zero-order chi connectivity index (χ0) is 39.9. The highest BCUT2D eigenvalue weighted by molar-refractivity contribution is 8.00. The van der Waals surface area contributed by atoms with Crippen LogP contribution in [0.1, 0.15) is 31.2 Å². The van der Waals surface area contributed by atoms with Gasteiger partial charge in [-0.15, -0.1) is 0 Å². The Balaban J connectivity index is 1.33. The van der Waals surface area contributed by atoms with Crippen LogP contribution in [0.5, 0.6) is 0 Å². The number of carboxylic acids is 4. The van der Waals surface area contributed by atoms with Crippen molar-refractivity contribution >= 4 is 70.6 Å². The number of hydrogen-bond acceptors (Lipinski definition) is 12. The van der Waals surface area contributed by atoms with Crippen LogP contribution in [0.4, 0.5) is 10.5 Å². The van der Waals surface area contributed by atoms with Crippen LogP contribution < -0.4 is 26.8 Å². The van der Waals surface area contributed by atoms with Gasteiger partial charge >= 0.3 is 29.9 Å². The van der Waals surface area contributed by atoms with Crippen LogP contribution in [-0.4, -0.2) is 182 Å². The highest BCUT2D eigenvalue weighted by Gasteiger charge is 2.42. The summed E-state index contributed by atoms with van der Waals surface area (Å²) < 4.78 is 0. The van der Waals surface area contributed by atoms with Crippen molar-refractivity contribution in [2.45, 2.75) is 55.5 Å². The van der Waals surface area contributed by atoms with Gasteiger partial charge in [0.1, 0.15) is 0 Å². The molecule has 1 aromatic rings. The first-order valence-electron chi connectivity index (χ1n) is 18.2. The SMILES string of the molecule is O=C(O)CN1CCN(CC(=O)O)CCN(CC(=O)O)C(Cc2ccc(NC(=S)NNC(=O)CCCCC3SCC4NC(=O)NC43)cc2)CN(CC(=O)O)CC1. The smallest absolute Gasteiger partial charge is 0.317 e. The van der Waals surface area contributed by atoms with Gasteiger partial charge in [0.05, 0.1) is 38.3 Å². The van der Waals surface area contributed by atoms with Crippen LogP contribution in [-0.2, 0) is 30.4 Å². The Morgan fingerprint density at radius 1 is 0.764 bits per heavy atom. The highest BCUT2D eigenvalue weighted by atomic mass is 32.2. The first kappa shape index (κ1) is 43.4. The summed E-state index contributed by atoms with van der Waals surface area (Å²) in [5, 5.41) is 47.9. The number of unbranched alkanes of at least 4 members (excludes halogenated alkanes) is 1.